The van der Waals surface area contributed by atoms with E-state index >= 15 is 0 Å². The normalized spacial score (nSPS) is 36.4. The highest BCUT2D eigenvalue weighted by molar-refractivity contribution is 5.91. The fourth-order valence-corrected chi connectivity index (χ4v) is 6.88. The molecule has 142 valence electrons. The number of hydrogen-bond acceptors (Lipinski definition) is 4. The molecule has 1 aromatic heterocycles. The third-order valence-electron chi connectivity index (χ3n) is 7.50. The third kappa shape index (κ3) is 2.96. The molecule has 26 heavy (non-hydrogen) atoms. The van der Waals surface area contributed by atoms with Gasteiger partial charge in [-0.3, -0.25) is 4.79 Å². The topological polar surface area (TPSA) is 63.1 Å². The lowest BCUT2D eigenvalue weighted by molar-refractivity contribution is -0.0629. The maximum absolute atomic E-state index is 13.0. The van der Waals surface area contributed by atoms with Gasteiger partial charge >= 0.3 is 0 Å². The summed E-state index contributed by atoms with van der Waals surface area (Å²) in [5.41, 5.74) is 0.889. The molecule has 1 N–H and O–H groups in total. The molecule has 0 unspecified atom stereocenters. The van der Waals surface area contributed by atoms with E-state index in [1.807, 2.05) is 22.8 Å². The second-order valence-electron chi connectivity index (χ2n) is 9.64. The summed E-state index contributed by atoms with van der Waals surface area (Å²) in [7, 11) is 1.96. The first kappa shape index (κ1) is 16.7. The van der Waals surface area contributed by atoms with Crippen LogP contribution in [0.15, 0.2) is 6.20 Å². The van der Waals surface area contributed by atoms with Crippen LogP contribution in [0, 0.1) is 23.2 Å². The number of piperidine rings is 1. The summed E-state index contributed by atoms with van der Waals surface area (Å²) in [5.74, 6) is 2.81. The number of nitrogens with one attached hydrogen (secondary N) is 1. The Morgan fingerprint density at radius 2 is 1.81 bits per heavy atom. The van der Waals surface area contributed by atoms with Crippen molar-refractivity contribution in [3.8, 4) is 0 Å². The average molecular weight is 358 g/mol. The van der Waals surface area contributed by atoms with E-state index in [0.717, 1.165) is 50.2 Å². The highest BCUT2D eigenvalue weighted by Gasteiger charge is 2.51. The quantitative estimate of drug-likeness (QED) is 0.899. The number of amides is 1. The fraction of sp³-hybridized carbons (Fsp3) is 0.850. The molecule has 1 saturated heterocycles. The van der Waals surface area contributed by atoms with Crippen molar-refractivity contribution in [2.24, 2.45) is 23.2 Å². The van der Waals surface area contributed by atoms with Gasteiger partial charge in [0.2, 0.25) is 0 Å². The molecular weight excluding hydrogens is 326 g/mol. The van der Waals surface area contributed by atoms with Crippen LogP contribution in [0.4, 0.5) is 0 Å². The molecule has 0 atom stereocenters. The summed E-state index contributed by atoms with van der Waals surface area (Å²) in [6.45, 7) is 2.93. The Kier molecular flexibility index (Phi) is 4.07. The average Bonchev–Trinajstić information content (AvgIpc) is 3.10. The van der Waals surface area contributed by atoms with Gasteiger partial charge in [0.1, 0.15) is 0 Å². The minimum absolute atomic E-state index is 0.0425. The molecule has 0 spiro atoms. The molecule has 5 fully saturated rings. The van der Waals surface area contributed by atoms with Gasteiger partial charge in [0, 0.05) is 13.6 Å². The number of aromatic nitrogens is 3. The molecule has 4 aliphatic carbocycles. The largest absolute Gasteiger partial charge is 0.340 e. The van der Waals surface area contributed by atoms with Crippen LogP contribution in [-0.2, 0) is 0 Å². The molecule has 4 saturated carbocycles. The number of carbonyl (C=O) groups excluding carboxylic acids is 1. The molecule has 5 aliphatic rings. The first-order valence-corrected chi connectivity index (χ1v) is 10.5. The van der Waals surface area contributed by atoms with E-state index < -0.39 is 0 Å². The highest BCUT2D eigenvalue weighted by Crippen LogP contribution is 2.60. The number of nitrogens with zero attached hydrogens (tertiary/aromatic N) is 4. The second kappa shape index (κ2) is 6.32. The van der Waals surface area contributed by atoms with Gasteiger partial charge in [0.15, 0.2) is 5.69 Å². The SMILES string of the molecule is CN(CC12CC3CC(CC(C3)C1)C2)C(=O)c1cn(C2CCNCC2)nn1. The van der Waals surface area contributed by atoms with Crippen LogP contribution in [0.3, 0.4) is 0 Å². The highest BCUT2D eigenvalue weighted by atomic mass is 16.2. The number of carbonyl (C=O) groups is 1. The Morgan fingerprint density at radius 1 is 1.19 bits per heavy atom. The first-order valence-electron chi connectivity index (χ1n) is 10.5. The summed E-state index contributed by atoms with van der Waals surface area (Å²) in [4.78, 5) is 14.9. The fourth-order valence-electron chi connectivity index (χ4n) is 6.88. The van der Waals surface area contributed by atoms with Crippen LogP contribution in [0.2, 0.25) is 0 Å². The Bertz CT molecular complexity index is 642. The predicted octanol–water partition coefficient (Wildman–Crippen LogP) is 2.49. The van der Waals surface area contributed by atoms with Crippen molar-refractivity contribution < 1.29 is 4.79 Å². The minimum Gasteiger partial charge on any atom is -0.340 e. The predicted molar refractivity (Wildman–Crippen MR) is 98.7 cm³/mol. The van der Waals surface area contributed by atoms with Crippen LogP contribution < -0.4 is 5.32 Å². The Hall–Kier alpha value is -1.43. The van der Waals surface area contributed by atoms with E-state index in [9.17, 15) is 4.79 Å². The molecule has 6 nitrogen and oxygen atoms in total. The van der Waals surface area contributed by atoms with Gasteiger partial charge in [-0.1, -0.05) is 5.21 Å². The van der Waals surface area contributed by atoms with Crippen molar-refractivity contribution >= 4 is 5.91 Å². The second-order valence-corrected chi connectivity index (χ2v) is 9.64. The Labute approximate surface area is 155 Å². The summed E-state index contributed by atoms with van der Waals surface area (Å²) in [6, 6.07) is 0.374. The summed E-state index contributed by atoms with van der Waals surface area (Å²) in [5, 5.41) is 11.8. The van der Waals surface area contributed by atoms with E-state index in [4.69, 9.17) is 0 Å². The monoisotopic (exact) mass is 357 g/mol. The molecule has 1 amide bonds. The van der Waals surface area contributed by atoms with Gasteiger partial charge < -0.3 is 10.2 Å². The van der Waals surface area contributed by atoms with Gasteiger partial charge in [-0.05, 0) is 87.6 Å². The van der Waals surface area contributed by atoms with Crippen molar-refractivity contribution in [3.05, 3.63) is 11.9 Å². The van der Waals surface area contributed by atoms with Crippen molar-refractivity contribution in [3.63, 3.8) is 0 Å². The van der Waals surface area contributed by atoms with Gasteiger partial charge in [-0.2, -0.15) is 0 Å². The standard InChI is InChI=1S/C20H31N5O/c1-24(13-20-9-14-6-15(10-20)8-16(7-14)11-20)19(26)18-12-25(23-22-18)17-2-4-21-5-3-17/h12,14-17,21H,2-11,13H2,1H3. The van der Waals surface area contributed by atoms with Crippen LogP contribution in [-0.4, -0.2) is 52.5 Å². The minimum atomic E-state index is 0.0425. The van der Waals surface area contributed by atoms with E-state index in [0.29, 0.717) is 17.2 Å². The van der Waals surface area contributed by atoms with Gasteiger partial charge in [0.25, 0.3) is 5.91 Å². The van der Waals surface area contributed by atoms with Crippen molar-refractivity contribution in [2.75, 3.05) is 26.7 Å². The molecular formula is C20H31N5O. The van der Waals surface area contributed by atoms with Crippen LogP contribution in [0.25, 0.3) is 0 Å². The van der Waals surface area contributed by atoms with Crippen LogP contribution in [0.1, 0.15) is 67.9 Å². The maximum atomic E-state index is 13.0. The molecule has 2 heterocycles. The maximum Gasteiger partial charge on any atom is 0.275 e. The lowest BCUT2D eigenvalue weighted by Crippen LogP contribution is -2.51. The van der Waals surface area contributed by atoms with Crippen LogP contribution in [0.5, 0.6) is 0 Å². The van der Waals surface area contributed by atoms with Crippen LogP contribution >= 0.6 is 0 Å². The molecule has 4 bridgehead atoms. The Morgan fingerprint density at radius 3 is 2.42 bits per heavy atom. The van der Waals surface area contributed by atoms with Gasteiger partial charge in [-0.25, -0.2) is 4.68 Å². The number of rotatable bonds is 4. The zero-order valence-corrected chi connectivity index (χ0v) is 15.9. The number of hydrogen-bond donors (Lipinski definition) is 1. The Balaban J connectivity index is 1.26. The summed E-state index contributed by atoms with van der Waals surface area (Å²) < 4.78 is 1.91. The van der Waals surface area contributed by atoms with E-state index in [1.54, 1.807) is 0 Å². The van der Waals surface area contributed by atoms with Crippen molar-refractivity contribution in [2.45, 2.75) is 57.4 Å². The van der Waals surface area contributed by atoms with Gasteiger partial charge in [-0.15, -0.1) is 5.10 Å². The van der Waals surface area contributed by atoms with Crippen molar-refractivity contribution in [1.82, 2.24) is 25.2 Å². The zero-order chi connectivity index (χ0) is 17.7. The molecule has 1 aliphatic heterocycles. The summed E-state index contributed by atoms with van der Waals surface area (Å²) in [6.07, 6.45) is 12.3. The van der Waals surface area contributed by atoms with E-state index in [1.165, 1.54) is 38.5 Å². The summed E-state index contributed by atoms with van der Waals surface area (Å²) >= 11 is 0. The molecule has 6 heteroatoms. The smallest absolute Gasteiger partial charge is 0.275 e. The lowest BCUT2D eigenvalue weighted by atomic mass is 9.49. The zero-order valence-electron chi connectivity index (χ0n) is 15.9. The molecule has 6 rings (SSSR count). The van der Waals surface area contributed by atoms with E-state index in [-0.39, 0.29) is 5.91 Å². The third-order valence-corrected chi connectivity index (χ3v) is 7.50. The van der Waals surface area contributed by atoms with Gasteiger partial charge in [0.05, 0.1) is 12.2 Å². The lowest BCUT2D eigenvalue weighted by Gasteiger charge is -2.57. The first-order chi connectivity index (χ1) is 12.6. The molecule has 0 aromatic carbocycles. The molecule has 1 aromatic rings. The van der Waals surface area contributed by atoms with Crippen molar-refractivity contribution in [1.29, 1.82) is 0 Å². The van der Waals surface area contributed by atoms with E-state index in [2.05, 4.69) is 15.6 Å². The molecule has 0 radical (unpaired) electrons.